The molecular weight excluding hydrogens is 681 g/mol. The first-order chi connectivity index (χ1) is 26.2. The van der Waals surface area contributed by atoms with E-state index in [9.17, 15) is 9.59 Å². The van der Waals surface area contributed by atoms with Gasteiger partial charge in [0.25, 0.3) is 0 Å². The number of carbonyl (C=O) groups is 2. The van der Waals surface area contributed by atoms with Crippen LogP contribution in [0.3, 0.4) is 0 Å². The summed E-state index contributed by atoms with van der Waals surface area (Å²) in [4.78, 5) is 45.7. The third-order valence-corrected chi connectivity index (χ3v) is 12.3. The number of methoxy groups -OCH3 is 2. The van der Waals surface area contributed by atoms with E-state index in [2.05, 4.69) is 64.7 Å². The zero-order valence-corrected chi connectivity index (χ0v) is 31.8. The quantitative estimate of drug-likeness (QED) is 0.138. The monoisotopic (exact) mass is 730 g/mol. The van der Waals surface area contributed by atoms with E-state index < -0.39 is 12.1 Å². The molecular formula is C43H50N6O5. The van der Waals surface area contributed by atoms with Crippen LogP contribution in [0.15, 0.2) is 42.5 Å². The number of H-pyrrole nitrogens is 2. The maximum absolute atomic E-state index is 13.9. The van der Waals surface area contributed by atoms with Gasteiger partial charge in [-0.15, -0.1) is 0 Å². The van der Waals surface area contributed by atoms with Crippen molar-refractivity contribution in [1.29, 1.82) is 0 Å². The number of likely N-dealkylation sites (tertiary alicyclic amines) is 1. The molecule has 2 saturated carbocycles. The number of imidazole rings is 2. The third kappa shape index (κ3) is 6.10. The van der Waals surface area contributed by atoms with E-state index in [0.29, 0.717) is 24.4 Å². The minimum Gasteiger partial charge on any atom is -0.488 e. The fourth-order valence-corrected chi connectivity index (χ4v) is 9.29. The molecule has 0 spiro atoms. The second-order valence-corrected chi connectivity index (χ2v) is 16.3. The topological polar surface area (TPSA) is 134 Å². The number of aromatic amines is 2. The Morgan fingerprint density at radius 3 is 2.56 bits per heavy atom. The number of hydrogen-bond acceptors (Lipinski definition) is 7. The zero-order valence-electron chi connectivity index (χ0n) is 31.8. The van der Waals surface area contributed by atoms with Crippen molar-refractivity contribution in [3.05, 3.63) is 65.4 Å². The number of alkyl carbamates (subject to hydrolysis) is 1. The number of nitrogens with one attached hydrogen (secondary N) is 3. The largest absolute Gasteiger partial charge is 0.488 e. The van der Waals surface area contributed by atoms with Crippen molar-refractivity contribution < 1.29 is 23.8 Å². The molecule has 5 aromatic rings. The van der Waals surface area contributed by atoms with Crippen LogP contribution in [0.5, 0.6) is 5.75 Å². The Labute approximate surface area is 315 Å². The Kier molecular flexibility index (Phi) is 8.87. The average Bonchev–Trinajstić information content (AvgIpc) is 3.50. The smallest absolute Gasteiger partial charge is 0.407 e. The first-order valence-corrected chi connectivity index (χ1v) is 19.7. The maximum atomic E-state index is 13.9. The van der Waals surface area contributed by atoms with E-state index in [0.717, 1.165) is 93.9 Å². The first-order valence-electron chi connectivity index (χ1n) is 19.7. The Bertz CT molecular complexity index is 2250. The molecule has 11 heteroatoms. The molecule has 0 unspecified atom stereocenters. The average molecular weight is 731 g/mol. The number of ether oxygens (including phenoxy) is 3. The van der Waals surface area contributed by atoms with Crippen LogP contribution in [-0.4, -0.2) is 69.7 Å². The lowest BCUT2D eigenvalue weighted by Gasteiger charge is -2.32. The summed E-state index contributed by atoms with van der Waals surface area (Å²) in [7, 11) is 3.11. The van der Waals surface area contributed by atoms with Gasteiger partial charge in [0.05, 0.1) is 29.9 Å². The molecule has 1 saturated heterocycles. The molecule has 5 atom stereocenters. The molecule has 3 aromatic carbocycles. The number of rotatable bonds is 9. The van der Waals surface area contributed by atoms with Crippen LogP contribution in [0, 0.1) is 11.8 Å². The molecule has 2 aliphatic heterocycles. The maximum Gasteiger partial charge on any atom is 0.407 e. The zero-order chi connectivity index (χ0) is 37.2. The molecule has 3 N–H and O–H groups in total. The summed E-state index contributed by atoms with van der Waals surface area (Å²) in [5, 5.41) is 4.83. The van der Waals surface area contributed by atoms with Crippen molar-refractivity contribution in [3.63, 3.8) is 0 Å². The van der Waals surface area contributed by atoms with Gasteiger partial charge in [-0.2, -0.15) is 0 Å². The van der Waals surface area contributed by atoms with Gasteiger partial charge in [0.1, 0.15) is 30.0 Å². The van der Waals surface area contributed by atoms with Crippen molar-refractivity contribution in [2.24, 2.45) is 11.8 Å². The van der Waals surface area contributed by atoms with Crippen LogP contribution in [0.25, 0.3) is 44.2 Å². The minimum atomic E-state index is -0.698. The molecule has 54 heavy (non-hydrogen) atoms. The summed E-state index contributed by atoms with van der Waals surface area (Å²) in [5.74, 6) is 4.14. The highest BCUT2D eigenvalue weighted by Gasteiger charge is 2.41. The summed E-state index contributed by atoms with van der Waals surface area (Å²) >= 11 is 0. The number of aromatic nitrogens is 4. The van der Waals surface area contributed by atoms with E-state index in [-0.39, 0.29) is 23.9 Å². The summed E-state index contributed by atoms with van der Waals surface area (Å²) < 4.78 is 16.8. The van der Waals surface area contributed by atoms with Crippen molar-refractivity contribution in [2.45, 2.75) is 102 Å². The highest BCUT2D eigenvalue weighted by atomic mass is 16.5. The van der Waals surface area contributed by atoms with Crippen LogP contribution in [0.2, 0.25) is 0 Å². The normalized spacial score (nSPS) is 22.7. The van der Waals surface area contributed by atoms with Gasteiger partial charge in [0.15, 0.2) is 0 Å². The lowest BCUT2D eigenvalue weighted by Crippen LogP contribution is -2.52. The number of fused-ring (bicyclic) bond motifs is 6. The number of amides is 2. The molecule has 2 aliphatic carbocycles. The molecule has 11 nitrogen and oxygen atoms in total. The van der Waals surface area contributed by atoms with Crippen LogP contribution in [0.4, 0.5) is 4.79 Å². The summed E-state index contributed by atoms with van der Waals surface area (Å²) in [6.07, 6.45) is 6.93. The molecule has 9 rings (SSSR count). The van der Waals surface area contributed by atoms with E-state index >= 15 is 0 Å². The fraction of sp³-hybridized carbons (Fsp3) is 0.488. The van der Waals surface area contributed by atoms with Crippen molar-refractivity contribution in [3.8, 4) is 28.1 Å². The molecule has 3 fully saturated rings. The molecule has 282 valence electrons. The lowest BCUT2D eigenvalue weighted by molar-refractivity contribution is -0.137. The second kappa shape index (κ2) is 13.7. The van der Waals surface area contributed by atoms with Gasteiger partial charge < -0.3 is 34.4 Å². The van der Waals surface area contributed by atoms with E-state index in [1.165, 1.54) is 37.6 Å². The standard InChI is InChI=1S/C43H50N6O5/c1-22(2)36(48-43(51)53-5)42(50)49-23(3)6-15-34(49)41-44-33-14-12-26-18-32-30-13-11-27(17-29(30)21-54-35(32)19-31(26)39(33)47-41)38-37(25-9-10-25)45-40(46-38)28-8-7-24(16-28)20-52-4/h11-14,17-19,22-25,28,34,36H,6-10,15-16,20-21H2,1-5H3,(H,44,47)(H,45,46)(H,48,51)/t23-,24+,28-,34-,36-/m0/s1. The first kappa shape index (κ1) is 34.8. The molecule has 4 aliphatic rings. The van der Waals surface area contributed by atoms with Crippen LogP contribution >= 0.6 is 0 Å². The van der Waals surface area contributed by atoms with Crippen LogP contribution in [-0.2, 0) is 20.9 Å². The fourth-order valence-electron chi connectivity index (χ4n) is 9.29. The van der Waals surface area contributed by atoms with Crippen molar-refractivity contribution in [1.82, 2.24) is 30.2 Å². The SMILES string of the molecule is COC[C@@H]1CC[C@H](c2nc(-c3ccc4c(c3)COc3cc5c(ccc6[nH]c([C@@H]7CC[C@H](C)N7C(=O)[C@@H](NC(=O)OC)C(C)C)nc65)cc3-4)c(C3CC3)[nH]2)C1. The summed E-state index contributed by atoms with van der Waals surface area (Å²) in [6.45, 7) is 7.22. The third-order valence-electron chi connectivity index (χ3n) is 12.3. The Morgan fingerprint density at radius 1 is 0.944 bits per heavy atom. The predicted molar refractivity (Wildman–Crippen MR) is 207 cm³/mol. The summed E-state index contributed by atoms with van der Waals surface area (Å²) in [5.41, 5.74) is 8.73. The number of nitrogens with zero attached hydrogens (tertiary/aromatic N) is 3. The van der Waals surface area contributed by atoms with E-state index in [4.69, 9.17) is 24.2 Å². The molecule has 2 aromatic heterocycles. The number of benzene rings is 3. The molecule has 4 heterocycles. The Balaban J connectivity index is 1.01. The van der Waals surface area contributed by atoms with Gasteiger partial charge in [-0.1, -0.05) is 32.0 Å². The number of hydrogen-bond donors (Lipinski definition) is 3. The number of carbonyl (C=O) groups excluding carboxylic acids is 2. The van der Waals surface area contributed by atoms with Gasteiger partial charge in [-0.05, 0) is 104 Å². The van der Waals surface area contributed by atoms with E-state index in [1.807, 2.05) is 18.7 Å². The molecule has 0 radical (unpaired) electrons. The Morgan fingerprint density at radius 2 is 1.78 bits per heavy atom. The highest BCUT2D eigenvalue weighted by molar-refractivity contribution is 6.07. The molecule has 0 bridgehead atoms. The molecule has 2 amide bonds. The lowest BCUT2D eigenvalue weighted by atomic mass is 9.92. The van der Waals surface area contributed by atoms with Crippen LogP contribution in [0.1, 0.15) is 107 Å². The summed E-state index contributed by atoms with van der Waals surface area (Å²) in [6, 6.07) is 14.4. The second-order valence-electron chi connectivity index (χ2n) is 16.3. The van der Waals surface area contributed by atoms with Gasteiger partial charge in [-0.25, -0.2) is 14.8 Å². The van der Waals surface area contributed by atoms with Gasteiger partial charge in [-0.3, -0.25) is 4.79 Å². The highest BCUT2D eigenvalue weighted by Crippen LogP contribution is 2.48. The Hall–Kier alpha value is -4.90. The van der Waals surface area contributed by atoms with E-state index in [1.54, 1.807) is 7.11 Å². The van der Waals surface area contributed by atoms with Gasteiger partial charge in [0.2, 0.25) is 5.91 Å². The van der Waals surface area contributed by atoms with Crippen LogP contribution < -0.4 is 10.1 Å². The minimum absolute atomic E-state index is 0.00525. The van der Waals surface area contributed by atoms with Gasteiger partial charge in [0, 0.05) is 53.8 Å². The van der Waals surface area contributed by atoms with Gasteiger partial charge >= 0.3 is 6.09 Å². The van der Waals surface area contributed by atoms with Crippen molar-refractivity contribution in [2.75, 3.05) is 20.8 Å². The predicted octanol–water partition coefficient (Wildman–Crippen LogP) is 8.51. The van der Waals surface area contributed by atoms with Crippen molar-refractivity contribution >= 4 is 33.8 Å².